The number of amides is 2. The average Bonchev–Trinajstić information content (AvgIpc) is 3.30. The van der Waals surface area contributed by atoms with Crippen LogP contribution in [0.3, 0.4) is 0 Å². The van der Waals surface area contributed by atoms with E-state index >= 15 is 0 Å². The molecule has 34 heavy (non-hydrogen) atoms. The van der Waals surface area contributed by atoms with E-state index < -0.39 is 17.5 Å². The van der Waals surface area contributed by atoms with Crippen molar-refractivity contribution in [1.29, 1.82) is 0 Å². The van der Waals surface area contributed by atoms with Crippen molar-refractivity contribution in [3.63, 3.8) is 0 Å². The van der Waals surface area contributed by atoms with Crippen LogP contribution in [0.5, 0.6) is 0 Å². The van der Waals surface area contributed by atoms with Gasteiger partial charge in [-0.1, -0.05) is 12.1 Å². The van der Waals surface area contributed by atoms with Gasteiger partial charge in [-0.05, 0) is 48.4 Å². The highest BCUT2D eigenvalue weighted by Crippen LogP contribution is 2.30. The molecule has 2 aromatic carbocycles. The minimum atomic E-state index is -0.851. The maximum absolute atomic E-state index is 13.9. The molecule has 3 heterocycles. The maximum Gasteiger partial charge on any atom is 0.256 e. The summed E-state index contributed by atoms with van der Waals surface area (Å²) in [6, 6.07) is 14.3. The molecule has 1 aromatic heterocycles. The predicted octanol–water partition coefficient (Wildman–Crippen LogP) is 3.46. The largest absolute Gasteiger partial charge is 0.354 e. The molecule has 174 valence electrons. The number of carbonyl (C=O) groups is 2. The summed E-state index contributed by atoms with van der Waals surface area (Å²) < 4.78 is 27.0. The summed E-state index contributed by atoms with van der Waals surface area (Å²) >= 11 is 0. The van der Waals surface area contributed by atoms with Crippen LogP contribution in [0.1, 0.15) is 28.3 Å². The van der Waals surface area contributed by atoms with Gasteiger partial charge in [-0.3, -0.25) is 9.59 Å². The number of rotatable bonds is 5. The van der Waals surface area contributed by atoms with Gasteiger partial charge in [0.25, 0.3) is 5.91 Å². The number of hydrogen-bond acceptors (Lipinski definition) is 5. The molecule has 5 rings (SSSR count). The second kappa shape index (κ2) is 9.17. The molecule has 0 radical (unpaired) electrons. The van der Waals surface area contributed by atoms with Crippen molar-refractivity contribution in [3.8, 4) is 0 Å². The molecule has 2 aliphatic rings. The number of halogens is 2. The van der Waals surface area contributed by atoms with Gasteiger partial charge in [-0.2, -0.15) is 5.10 Å². The Morgan fingerprint density at radius 3 is 2.50 bits per heavy atom. The summed E-state index contributed by atoms with van der Waals surface area (Å²) in [6.07, 6.45) is 2.37. The van der Waals surface area contributed by atoms with Crippen LogP contribution < -0.4 is 10.2 Å². The van der Waals surface area contributed by atoms with Crippen molar-refractivity contribution in [2.45, 2.75) is 12.3 Å². The van der Waals surface area contributed by atoms with E-state index in [1.807, 2.05) is 36.4 Å². The van der Waals surface area contributed by atoms with E-state index in [0.717, 1.165) is 36.5 Å². The zero-order valence-corrected chi connectivity index (χ0v) is 18.3. The summed E-state index contributed by atoms with van der Waals surface area (Å²) in [5.41, 5.74) is 1.63. The lowest BCUT2D eigenvalue weighted by Crippen LogP contribution is -2.48. The summed E-state index contributed by atoms with van der Waals surface area (Å²) in [7, 11) is 0. The molecule has 2 amide bonds. The summed E-state index contributed by atoms with van der Waals surface area (Å²) in [5, 5.41) is 11.0. The maximum atomic E-state index is 13.9. The Hall–Kier alpha value is -3.88. The zero-order valence-electron chi connectivity index (χ0n) is 18.3. The molecule has 0 spiro atoms. The molecule has 1 N–H and O–H groups in total. The van der Waals surface area contributed by atoms with E-state index in [1.165, 1.54) is 6.07 Å². The molecule has 1 atom stereocenters. The molecular formula is C25H23F2N5O2. The molecular weight excluding hydrogens is 440 g/mol. The highest BCUT2D eigenvalue weighted by Gasteiger charge is 2.33. The second-order valence-corrected chi connectivity index (χ2v) is 8.66. The fraction of sp³-hybridized carbons (Fsp3) is 0.280. The van der Waals surface area contributed by atoms with Gasteiger partial charge in [0.1, 0.15) is 11.6 Å². The SMILES string of the molecule is O=C(Nc1ccc(C2CN(C(=O)c3ccc(F)cc3F)C2)cc1)[C@H]1CCN(c2cccnn2)C1. The normalized spacial score (nSPS) is 18.0. The molecule has 2 aliphatic heterocycles. The first-order valence-corrected chi connectivity index (χ1v) is 11.2. The van der Waals surface area contributed by atoms with Crippen LogP contribution in [-0.2, 0) is 4.79 Å². The monoisotopic (exact) mass is 463 g/mol. The smallest absolute Gasteiger partial charge is 0.256 e. The minimum Gasteiger partial charge on any atom is -0.354 e. The average molecular weight is 463 g/mol. The van der Waals surface area contributed by atoms with Crippen molar-refractivity contribution in [2.24, 2.45) is 5.92 Å². The molecule has 9 heteroatoms. The summed E-state index contributed by atoms with van der Waals surface area (Å²) in [6.45, 7) is 2.28. The van der Waals surface area contributed by atoms with Gasteiger partial charge < -0.3 is 15.1 Å². The molecule has 0 saturated carbocycles. The van der Waals surface area contributed by atoms with Crippen LogP contribution in [0.25, 0.3) is 0 Å². The van der Waals surface area contributed by atoms with Crippen LogP contribution >= 0.6 is 0 Å². The van der Waals surface area contributed by atoms with E-state index in [4.69, 9.17) is 0 Å². The van der Waals surface area contributed by atoms with Crippen LogP contribution in [0, 0.1) is 17.6 Å². The third-order valence-corrected chi connectivity index (χ3v) is 6.42. The third kappa shape index (κ3) is 4.46. The Bertz CT molecular complexity index is 1200. The molecule has 3 aromatic rings. The van der Waals surface area contributed by atoms with E-state index in [9.17, 15) is 18.4 Å². The fourth-order valence-corrected chi connectivity index (χ4v) is 4.42. The van der Waals surface area contributed by atoms with Crippen molar-refractivity contribution < 1.29 is 18.4 Å². The first-order chi connectivity index (χ1) is 16.5. The number of hydrogen-bond donors (Lipinski definition) is 1. The van der Waals surface area contributed by atoms with Crippen molar-refractivity contribution in [2.75, 3.05) is 36.4 Å². The van der Waals surface area contributed by atoms with Crippen molar-refractivity contribution in [1.82, 2.24) is 15.1 Å². The quantitative estimate of drug-likeness (QED) is 0.627. The van der Waals surface area contributed by atoms with Gasteiger partial charge in [-0.15, -0.1) is 5.10 Å². The Morgan fingerprint density at radius 1 is 1.00 bits per heavy atom. The standard InChI is InChI=1S/C25H23F2N5O2/c26-19-5-8-21(22(27)12-19)25(34)32-14-18(15-32)16-3-6-20(7-4-16)29-24(33)17-9-11-31(13-17)23-2-1-10-28-30-23/h1-8,10,12,17-18H,9,11,13-15H2,(H,29,33)/t17-/m0/s1. The predicted molar refractivity (Wildman–Crippen MR) is 122 cm³/mol. The van der Waals surface area contributed by atoms with Gasteiger partial charge in [0.15, 0.2) is 5.82 Å². The molecule has 0 unspecified atom stereocenters. The third-order valence-electron chi connectivity index (χ3n) is 6.42. The van der Waals surface area contributed by atoms with Gasteiger partial charge in [-0.25, -0.2) is 8.78 Å². The molecule has 7 nitrogen and oxygen atoms in total. The topological polar surface area (TPSA) is 78.4 Å². The first kappa shape index (κ1) is 21.9. The molecule has 2 saturated heterocycles. The molecule has 0 bridgehead atoms. The number of nitrogens with one attached hydrogen (secondary N) is 1. The lowest BCUT2D eigenvalue weighted by Gasteiger charge is -2.39. The number of likely N-dealkylation sites (tertiary alicyclic amines) is 1. The lowest BCUT2D eigenvalue weighted by atomic mass is 9.90. The summed E-state index contributed by atoms with van der Waals surface area (Å²) in [4.78, 5) is 28.8. The van der Waals surface area contributed by atoms with Crippen LogP contribution in [0.4, 0.5) is 20.3 Å². The van der Waals surface area contributed by atoms with Gasteiger partial charge in [0.2, 0.25) is 5.91 Å². The Balaban J connectivity index is 1.13. The number of nitrogens with zero attached hydrogens (tertiary/aromatic N) is 4. The van der Waals surface area contributed by atoms with Crippen LogP contribution in [-0.4, -0.2) is 53.1 Å². The second-order valence-electron chi connectivity index (χ2n) is 8.66. The summed E-state index contributed by atoms with van der Waals surface area (Å²) in [5.74, 6) is -1.25. The molecule has 0 aliphatic carbocycles. The van der Waals surface area contributed by atoms with E-state index in [-0.39, 0.29) is 23.3 Å². The van der Waals surface area contributed by atoms with Crippen molar-refractivity contribution >= 4 is 23.3 Å². The minimum absolute atomic E-state index is 0.0270. The van der Waals surface area contributed by atoms with Gasteiger partial charge in [0, 0.05) is 50.0 Å². The van der Waals surface area contributed by atoms with Crippen LogP contribution in [0.15, 0.2) is 60.8 Å². The first-order valence-electron chi connectivity index (χ1n) is 11.2. The Morgan fingerprint density at radius 2 is 1.79 bits per heavy atom. The van der Waals surface area contributed by atoms with Crippen molar-refractivity contribution in [3.05, 3.63) is 83.6 Å². The van der Waals surface area contributed by atoms with Crippen LogP contribution in [0.2, 0.25) is 0 Å². The lowest BCUT2D eigenvalue weighted by molar-refractivity contribution is -0.119. The number of carbonyl (C=O) groups excluding carboxylic acids is 2. The number of anilines is 2. The number of aromatic nitrogens is 2. The van der Waals surface area contributed by atoms with E-state index in [1.54, 1.807) is 11.1 Å². The highest BCUT2D eigenvalue weighted by atomic mass is 19.1. The Labute approximate surface area is 195 Å². The highest BCUT2D eigenvalue weighted by molar-refractivity contribution is 5.95. The van der Waals surface area contributed by atoms with E-state index in [0.29, 0.717) is 25.3 Å². The fourth-order valence-electron chi connectivity index (χ4n) is 4.42. The zero-order chi connectivity index (χ0) is 23.7. The van der Waals surface area contributed by atoms with Gasteiger partial charge >= 0.3 is 0 Å². The van der Waals surface area contributed by atoms with E-state index in [2.05, 4.69) is 20.4 Å². The Kier molecular flexibility index (Phi) is 5.91. The number of benzene rings is 2. The van der Waals surface area contributed by atoms with Gasteiger partial charge in [0.05, 0.1) is 11.5 Å². The molecule has 2 fully saturated rings.